The Bertz CT molecular complexity index is 467. The van der Waals surface area contributed by atoms with Gasteiger partial charge in [0.05, 0.1) is 0 Å². The van der Waals surface area contributed by atoms with Gasteiger partial charge in [-0.3, -0.25) is 0 Å². The molecule has 0 fully saturated rings. The summed E-state index contributed by atoms with van der Waals surface area (Å²) >= 11 is 0. The average Bonchev–Trinajstić information content (AvgIpc) is 2.55. The van der Waals surface area contributed by atoms with Crippen LogP contribution in [0, 0.1) is 11.3 Å². The van der Waals surface area contributed by atoms with Crippen molar-refractivity contribution in [2.75, 3.05) is 11.6 Å². The summed E-state index contributed by atoms with van der Waals surface area (Å²) in [6.45, 7) is 0. The molecule has 0 aliphatic heterocycles. The number of rotatable bonds is 3. The monoisotopic (exact) mass is 213 g/mol. The third kappa shape index (κ3) is 2.56. The summed E-state index contributed by atoms with van der Waals surface area (Å²) < 4.78 is 21.9. The fourth-order valence-corrected chi connectivity index (χ4v) is 1.07. The predicted molar refractivity (Wildman–Crippen MR) is 48.5 cm³/mol. The van der Waals surface area contributed by atoms with E-state index in [-0.39, 0.29) is 10.9 Å². The maximum Gasteiger partial charge on any atom is 0.222 e. The van der Waals surface area contributed by atoms with Crippen molar-refractivity contribution in [2.45, 2.75) is 0 Å². The summed E-state index contributed by atoms with van der Waals surface area (Å²) in [4.78, 5) is 3.31. The van der Waals surface area contributed by atoms with Crippen LogP contribution in [0.15, 0.2) is 17.4 Å². The van der Waals surface area contributed by atoms with Crippen LogP contribution in [0.25, 0.3) is 0 Å². The number of aromatic amines is 1. The van der Waals surface area contributed by atoms with Crippen LogP contribution >= 0.6 is 0 Å². The zero-order valence-corrected chi connectivity index (χ0v) is 8.04. The van der Waals surface area contributed by atoms with Crippen LogP contribution in [-0.4, -0.2) is 29.9 Å². The maximum atomic E-state index is 10.9. The molecule has 74 valence electrons. The van der Waals surface area contributed by atoms with E-state index in [4.69, 9.17) is 5.26 Å². The Labute approximate surface area is 80.4 Å². The molecule has 1 aromatic heterocycles. The first-order valence-corrected chi connectivity index (χ1v) is 5.35. The predicted octanol–water partition coefficient (Wildman–Crippen LogP) is -0.374. The number of allylic oxidation sites excluding steroid dienone is 1. The number of nitrogens with zero attached hydrogens (tertiary/aromatic N) is 3. The lowest BCUT2D eigenvalue weighted by Gasteiger charge is -1.95. The Morgan fingerprint density at radius 1 is 1.79 bits per heavy atom. The Hall–Kier alpha value is -1.88. The van der Waals surface area contributed by atoms with E-state index in [0.29, 0.717) is 0 Å². The summed E-state index contributed by atoms with van der Waals surface area (Å²) in [6, 6.07) is 1.55. The minimum atomic E-state index is -3.49. The van der Waals surface area contributed by atoms with E-state index in [9.17, 15) is 8.42 Å². The first kappa shape index (κ1) is 10.2. The van der Waals surface area contributed by atoms with Crippen LogP contribution in [0.2, 0.25) is 0 Å². The number of nitriles is 1. The van der Waals surface area contributed by atoms with E-state index in [0.717, 1.165) is 12.5 Å². The third-order valence-electron chi connectivity index (χ3n) is 1.26. The molecule has 0 radical (unpaired) electrons. The number of sulfone groups is 1. The van der Waals surface area contributed by atoms with Gasteiger partial charge in [-0.2, -0.15) is 15.3 Å². The number of anilines is 1. The van der Waals surface area contributed by atoms with Gasteiger partial charge in [0.2, 0.25) is 5.95 Å². The normalized spacial score (nSPS) is 12.1. The molecule has 0 aromatic carbocycles. The number of aromatic nitrogens is 3. The van der Waals surface area contributed by atoms with Crippen molar-refractivity contribution in [3.05, 3.63) is 17.4 Å². The number of hydrogen-bond donors (Lipinski definition) is 2. The lowest BCUT2D eigenvalue weighted by molar-refractivity contribution is 0.608. The molecular formula is C6H7N5O2S. The molecule has 1 heterocycles. The highest BCUT2D eigenvalue weighted by atomic mass is 32.2. The highest BCUT2D eigenvalue weighted by Crippen LogP contribution is 2.03. The summed E-state index contributed by atoms with van der Waals surface area (Å²) in [6.07, 6.45) is 3.25. The van der Waals surface area contributed by atoms with E-state index in [1.54, 1.807) is 6.07 Å². The van der Waals surface area contributed by atoms with Crippen molar-refractivity contribution in [3.63, 3.8) is 0 Å². The summed E-state index contributed by atoms with van der Waals surface area (Å²) in [5, 5.41) is 17.0. The molecule has 0 amide bonds. The Morgan fingerprint density at radius 2 is 2.50 bits per heavy atom. The standard InChI is InChI=1S/C6H7N5O2S/c1-14(12,13)5(2-7)3-8-6-9-4-10-11-6/h3-4H,1H3,(H2,8,9,10,11)/b5-3+. The van der Waals surface area contributed by atoms with Crippen molar-refractivity contribution >= 4 is 15.8 Å². The van der Waals surface area contributed by atoms with Crippen LogP contribution in [0.3, 0.4) is 0 Å². The van der Waals surface area contributed by atoms with E-state index in [2.05, 4.69) is 20.5 Å². The highest BCUT2D eigenvalue weighted by Gasteiger charge is 2.09. The molecule has 0 spiro atoms. The molecule has 0 aliphatic carbocycles. The Morgan fingerprint density at radius 3 is 2.93 bits per heavy atom. The molecule has 1 rings (SSSR count). The van der Waals surface area contributed by atoms with Crippen LogP contribution in [0.4, 0.5) is 5.95 Å². The first-order valence-electron chi connectivity index (χ1n) is 3.46. The number of nitrogens with one attached hydrogen (secondary N) is 2. The number of hydrogen-bond acceptors (Lipinski definition) is 6. The lowest BCUT2D eigenvalue weighted by Crippen LogP contribution is -2.02. The second-order valence-electron chi connectivity index (χ2n) is 2.37. The van der Waals surface area contributed by atoms with Gasteiger partial charge in [0.1, 0.15) is 12.4 Å². The fourth-order valence-electron chi connectivity index (χ4n) is 0.631. The average molecular weight is 213 g/mol. The molecular weight excluding hydrogens is 206 g/mol. The molecule has 0 saturated carbocycles. The van der Waals surface area contributed by atoms with Crippen molar-refractivity contribution in [1.82, 2.24) is 15.2 Å². The molecule has 8 heteroatoms. The van der Waals surface area contributed by atoms with E-state index < -0.39 is 9.84 Å². The Balaban J connectivity index is 2.84. The second kappa shape index (κ2) is 3.89. The molecule has 0 saturated heterocycles. The minimum absolute atomic E-state index is 0.265. The first-order chi connectivity index (χ1) is 6.54. The summed E-state index contributed by atoms with van der Waals surface area (Å²) in [5.41, 5.74) is 0. The highest BCUT2D eigenvalue weighted by molar-refractivity contribution is 7.94. The van der Waals surface area contributed by atoms with Crippen LogP contribution in [0.5, 0.6) is 0 Å². The van der Waals surface area contributed by atoms with Gasteiger partial charge in [-0.05, 0) is 0 Å². The molecule has 0 atom stereocenters. The molecule has 0 bridgehead atoms. The zero-order chi connectivity index (χ0) is 10.6. The number of H-pyrrole nitrogens is 1. The Kier molecular flexibility index (Phi) is 2.83. The van der Waals surface area contributed by atoms with Crippen molar-refractivity contribution in [3.8, 4) is 6.07 Å². The van der Waals surface area contributed by atoms with E-state index >= 15 is 0 Å². The molecule has 1 aromatic rings. The molecule has 2 N–H and O–H groups in total. The van der Waals surface area contributed by atoms with Crippen molar-refractivity contribution in [2.24, 2.45) is 0 Å². The zero-order valence-electron chi connectivity index (χ0n) is 7.22. The maximum absolute atomic E-state index is 10.9. The largest absolute Gasteiger partial charge is 0.329 e. The van der Waals surface area contributed by atoms with E-state index in [1.165, 1.54) is 6.33 Å². The minimum Gasteiger partial charge on any atom is -0.329 e. The summed E-state index contributed by atoms with van der Waals surface area (Å²) in [5.74, 6) is 0.265. The van der Waals surface area contributed by atoms with Gasteiger partial charge in [0.15, 0.2) is 14.7 Å². The van der Waals surface area contributed by atoms with Gasteiger partial charge in [-0.25, -0.2) is 13.5 Å². The SMILES string of the molecule is CS(=O)(=O)/C(C#N)=C/Nc1ncn[nH]1. The van der Waals surface area contributed by atoms with Gasteiger partial charge in [0.25, 0.3) is 0 Å². The fraction of sp³-hybridized carbons (Fsp3) is 0.167. The van der Waals surface area contributed by atoms with Gasteiger partial charge >= 0.3 is 0 Å². The van der Waals surface area contributed by atoms with Gasteiger partial charge in [-0.1, -0.05) is 0 Å². The van der Waals surface area contributed by atoms with Gasteiger partial charge in [0, 0.05) is 12.5 Å². The van der Waals surface area contributed by atoms with Gasteiger partial charge in [-0.15, -0.1) is 0 Å². The van der Waals surface area contributed by atoms with Gasteiger partial charge < -0.3 is 5.32 Å². The smallest absolute Gasteiger partial charge is 0.222 e. The second-order valence-corrected chi connectivity index (χ2v) is 4.36. The quantitative estimate of drug-likeness (QED) is 0.662. The van der Waals surface area contributed by atoms with E-state index in [1.807, 2.05) is 0 Å². The van der Waals surface area contributed by atoms with Crippen molar-refractivity contribution < 1.29 is 8.42 Å². The molecule has 0 aliphatic rings. The molecule has 0 unspecified atom stereocenters. The molecule has 7 nitrogen and oxygen atoms in total. The van der Waals surface area contributed by atoms with Crippen LogP contribution < -0.4 is 5.32 Å². The lowest BCUT2D eigenvalue weighted by atomic mass is 10.6. The molecule has 14 heavy (non-hydrogen) atoms. The summed E-state index contributed by atoms with van der Waals surface area (Å²) in [7, 11) is -3.49. The third-order valence-corrected chi connectivity index (χ3v) is 2.27. The van der Waals surface area contributed by atoms with Crippen LogP contribution in [0.1, 0.15) is 0 Å². The topological polar surface area (TPSA) is 112 Å². The van der Waals surface area contributed by atoms with Crippen LogP contribution in [-0.2, 0) is 9.84 Å². The van der Waals surface area contributed by atoms with Crippen molar-refractivity contribution in [1.29, 1.82) is 5.26 Å².